The molecule has 4 aromatic rings. The molecular weight excluding hydrogens is 402 g/mol. The van der Waals surface area contributed by atoms with Crippen LogP contribution < -0.4 is 20.5 Å². The van der Waals surface area contributed by atoms with Crippen LogP contribution in [0, 0.1) is 0 Å². The monoisotopic (exact) mass is 421 g/mol. The summed E-state index contributed by atoms with van der Waals surface area (Å²) in [6.07, 6.45) is 1.64. The van der Waals surface area contributed by atoms with E-state index in [1.165, 1.54) is 11.3 Å². The fourth-order valence-electron chi connectivity index (χ4n) is 2.94. The average Bonchev–Trinajstić information content (AvgIpc) is 3.23. The van der Waals surface area contributed by atoms with Gasteiger partial charge in [0.2, 0.25) is 5.13 Å². The molecule has 0 aliphatic carbocycles. The minimum Gasteiger partial charge on any atom is -0.493 e. The summed E-state index contributed by atoms with van der Waals surface area (Å²) in [5, 5.41) is 7.43. The molecule has 0 saturated heterocycles. The van der Waals surface area contributed by atoms with Crippen LogP contribution in [0.2, 0.25) is 0 Å². The molecule has 0 fully saturated rings. The van der Waals surface area contributed by atoms with Crippen LogP contribution in [0.15, 0.2) is 68.2 Å². The molecule has 0 aliphatic heterocycles. The maximum absolute atomic E-state index is 12.3. The summed E-state index contributed by atoms with van der Waals surface area (Å²) in [6, 6.07) is 14.7. The molecule has 152 valence electrons. The Kier molecular flexibility index (Phi) is 5.76. The lowest BCUT2D eigenvalue weighted by Gasteiger charge is -2.11. The minimum atomic E-state index is -0.424. The number of hydrazone groups is 1. The van der Waals surface area contributed by atoms with Crippen molar-refractivity contribution in [1.29, 1.82) is 0 Å². The number of nitrogens with zero attached hydrogens (tertiary/aromatic N) is 2. The van der Waals surface area contributed by atoms with Gasteiger partial charge < -0.3 is 13.9 Å². The summed E-state index contributed by atoms with van der Waals surface area (Å²) >= 11 is 1.34. The Labute approximate surface area is 176 Å². The van der Waals surface area contributed by atoms with Gasteiger partial charge in [0.15, 0.2) is 11.5 Å². The third kappa shape index (κ3) is 4.04. The van der Waals surface area contributed by atoms with Crippen molar-refractivity contribution in [3.8, 4) is 22.8 Å². The molecule has 0 radical (unpaired) electrons. The van der Waals surface area contributed by atoms with Gasteiger partial charge in [-0.25, -0.2) is 9.78 Å². The second-order valence-corrected chi connectivity index (χ2v) is 7.06. The van der Waals surface area contributed by atoms with E-state index >= 15 is 0 Å². The van der Waals surface area contributed by atoms with Gasteiger partial charge in [-0.2, -0.15) is 5.10 Å². The molecule has 0 unspecified atom stereocenters. The van der Waals surface area contributed by atoms with Crippen LogP contribution in [0.4, 0.5) is 5.13 Å². The number of para-hydroxylation sites is 2. The first-order valence-electron chi connectivity index (χ1n) is 9.27. The Morgan fingerprint density at radius 1 is 1.23 bits per heavy atom. The molecule has 4 rings (SSSR count). The largest absolute Gasteiger partial charge is 0.493 e. The van der Waals surface area contributed by atoms with E-state index in [-0.39, 0.29) is 0 Å². The van der Waals surface area contributed by atoms with E-state index in [2.05, 4.69) is 15.5 Å². The number of hydrogen-bond acceptors (Lipinski definition) is 8. The SMILES string of the molecule is CCOc1c(/C=N/Nc2nc(-c3cc4ccccc4oc3=O)cs2)cccc1OC. The summed E-state index contributed by atoms with van der Waals surface area (Å²) in [6.45, 7) is 2.42. The summed E-state index contributed by atoms with van der Waals surface area (Å²) in [7, 11) is 1.59. The Morgan fingerprint density at radius 3 is 2.93 bits per heavy atom. The van der Waals surface area contributed by atoms with E-state index in [4.69, 9.17) is 13.9 Å². The van der Waals surface area contributed by atoms with E-state index in [0.29, 0.717) is 40.1 Å². The van der Waals surface area contributed by atoms with E-state index in [1.807, 2.05) is 43.3 Å². The Hall–Kier alpha value is -3.65. The molecule has 2 aromatic heterocycles. The highest BCUT2D eigenvalue weighted by atomic mass is 32.1. The van der Waals surface area contributed by atoms with Crippen LogP contribution in [0.25, 0.3) is 22.2 Å². The quantitative estimate of drug-likeness (QED) is 0.263. The number of benzene rings is 2. The molecule has 0 spiro atoms. The maximum Gasteiger partial charge on any atom is 0.345 e. The van der Waals surface area contributed by atoms with Crippen LogP contribution in [0.1, 0.15) is 12.5 Å². The van der Waals surface area contributed by atoms with Crippen LogP contribution in [0.5, 0.6) is 11.5 Å². The molecule has 2 heterocycles. The van der Waals surface area contributed by atoms with Gasteiger partial charge in [0, 0.05) is 16.3 Å². The number of thiazole rings is 1. The van der Waals surface area contributed by atoms with Crippen molar-refractivity contribution >= 4 is 33.7 Å². The average molecular weight is 421 g/mol. The van der Waals surface area contributed by atoms with Crippen molar-refractivity contribution in [2.24, 2.45) is 5.10 Å². The number of ether oxygens (including phenoxy) is 2. The molecule has 2 aromatic carbocycles. The van der Waals surface area contributed by atoms with Crippen molar-refractivity contribution in [2.75, 3.05) is 19.1 Å². The highest BCUT2D eigenvalue weighted by molar-refractivity contribution is 7.14. The molecule has 8 heteroatoms. The van der Waals surface area contributed by atoms with E-state index in [9.17, 15) is 4.79 Å². The molecule has 0 saturated carbocycles. The standard InChI is InChI=1S/C22H19N3O4S/c1-3-28-20-15(8-6-10-19(20)27-2)12-23-25-22-24-17(13-30-22)16-11-14-7-4-5-9-18(14)29-21(16)26/h4-13H,3H2,1-2H3,(H,24,25)/b23-12+. The lowest BCUT2D eigenvalue weighted by Crippen LogP contribution is -2.03. The molecule has 0 aliphatic rings. The topological polar surface area (TPSA) is 86.0 Å². The zero-order valence-electron chi connectivity index (χ0n) is 16.4. The van der Waals surface area contributed by atoms with Gasteiger partial charge in [-0.3, -0.25) is 5.43 Å². The molecule has 0 bridgehead atoms. The third-order valence-electron chi connectivity index (χ3n) is 4.30. The van der Waals surface area contributed by atoms with Crippen LogP contribution in [-0.4, -0.2) is 24.9 Å². The molecule has 30 heavy (non-hydrogen) atoms. The zero-order chi connectivity index (χ0) is 20.9. The first-order valence-corrected chi connectivity index (χ1v) is 10.1. The summed E-state index contributed by atoms with van der Waals surface area (Å²) in [5.41, 5.74) is 4.74. The normalized spacial score (nSPS) is 11.1. The van der Waals surface area contributed by atoms with E-state index in [0.717, 1.165) is 10.9 Å². The minimum absolute atomic E-state index is 0.411. The fraction of sp³-hybridized carbons (Fsp3) is 0.136. The second-order valence-electron chi connectivity index (χ2n) is 6.20. The summed E-state index contributed by atoms with van der Waals surface area (Å²) in [4.78, 5) is 16.8. The summed E-state index contributed by atoms with van der Waals surface area (Å²) in [5.74, 6) is 1.27. The smallest absolute Gasteiger partial charge is 0.345 e. The van der Waals surface area contributed by atoms with E-state index < -0.39 is 5.63 Å². The Balaban J connectivity index is 1.55. The lowest BCUT2D eigenvalue weighted by molar-refractivity contribution is 0.310. The van der Waals surface area contributed by atoms with Crippen molar-refractivity contribution in [2.45, 2.75) is 6.92 Å². The number of methoxy groups -OCH3 is 1. The van der Waals surface area contributed by atoms with E-state index in [1.54, 1.807) is 30.8 Å². The third-order valence-corrected chi connectivity index (χ3v) is 5.05. The number of rotatable bonds is 7. The first kappa shape index (κ1) is 19.7. The molecule has 7 nitrogen and oxygen atoms in total. The second kappa shape index (κ2) is 8.79. The van der Waals surface area contributed by atoms with Gasteiger partial charge in [0.1, 0.15) is 5.58 Å². The highest BCUT2D eigenvalue weighted by Gasteiger charge is 2.12. The van der Waals surface area contributed by atoms with Crippen LogP contribution >= 0.6 is 11.3 Å². The van der Waals surface area contributed by atoms with Gasteiger partial charge in [-0.1, -0.05) is 24.3 Å². The Bertz CT molecular complexity index is 1260. The van der Waals surface area contributed by atoms with Crippen LogP contribution in [0.3, 0.4) is 0 Å². The highest BCUT2D eigenvalue weighted by Crippen LogP contribution is 2.30. The first-order chi connectivity index (χ1) is 14.7. The van der Waals surface area contributed by atoms with Crippen molar-refractivity contribution in [1.82, 2.24) is 4.98 Å². The molecule has 1 N–H and O–H groups in total. The van der Waals surface area contributed by atoms with Gasteiger partial charge >= 0.3 is 5.63 Å². The number of nitrogens with one attached hydrogen (secondary N) is 1. The van der Waals surface area contributed by atoms with Gasteiger partial charge in [0.25, 0.3) is 0 Å². The fourth-order valence-corrected chi connectivity index (χ4v) is 3.60. The molecule has 0 amide bonds. The van der Waals surface area contributed by atoms with Crippen LogP contribution in [-0.2, 0) is 0 Å². The predicted molar refractivity (Wildman–Crippen MR) is 119 cm³/mol. The number of anilines is 1. The van der Waals surface area contributed by atoms with Gasteiger partial charge in [0.05, 0.1) is 31.2 Å². The predicted octanol–water partition coefficient (Wildman–Crippen LogP) is 4.77. The van der Waals surface area contributed by atoms with Gasteiger partial charge in [-0.15, -0.1) is 11.3 Å². The summed E-state index contributed by atoms with van der Waals surface area (Å²) < 4.78 is 16.4. The lowest BCUT2D eigenvalue weighted by atomic mass is 10.1. The van der Waals surface area contributed by atoms with Crippen molar-refractivity contribution in [3.63, 3.8) is 0 Å². The molecule has 0 atom stereocenters. The molecular formula is C22H19N3O4S. The number of hydrogen-bond donors (Lipinski definition) is 1. The van der Waals surface area contributed by atoms with Crippen molar-refractivity contribution < 1.29 is 13.9 Å². The Morgan fingerprint density at radius 2 is 2.10 bits per heavy atom. The number of aromatic nitrogens is 1. The van der Waals surface area contributed by atoms with Gasteiger partial charge in [-0.05, 0) is 31.2 Å². The van der Waals surface area contributed by atoms with Crippen molar-refractivity contribution in [3.05, 3.63) is 69.9 Å². The zero-order valence-corrected chi connectivity index (χ0v) is 17.2. The maximum atomic E-state index is 12.3. The number of fused-ring (bicyclic) bond motifs is 1.